The van der Waals surface area contributed by atoms with Crippen molar-refractivity contribution in [1.82, 2.24) is 5.32 Å². The molecule has 3 unspecified atom stereocenters. The Bertz CT molecular complexity index is 460. The summed E-state index contributed by atoms with van der Waals surface area (Å²) in [5.74, 6) is 0.977. The highest BCUT2D eigenvalue weighted by Gasteiger charge is 2.28. The summed E-state index contributed by atoms with van der Waals surface area (Å²) in [5.41, 5.74) is 2.92. The molecule has 1 saturated carbocycles. The maximum Gasteiger partial charge on any atom is 0.119 e. The van der Waals surface area contributed by atoms with Gasteiger partial charge in [-0.1, -0.05) is 6.07 Å². The van der Waals surface area contributed by atoms with Crippen LogP contribution in [0.3, 0.4) is 0 Å². The second-order valence-electron chi connectivity index (χ2n) is 6.04. The van der Waals surface area contributed by atoms with Crippen molar-refractivity contribution in [3.8, 4) is 5.75 Å². The number of methoxy groups -OCH3 is 2. The van der Waals surface area contributed by atoms with Gasteiger partial charge in [0.1, 0.15) is 5.75 Å². The average molecular weight is 275 g/mol. The highest BCUT2D eigenvalue weighted by Crippen LogP contribution is 2.34. The Hall–Kier alpha value is -1.06. The Morgan fingerprint density at radius 1 is 1.15 bits per heavy atom. The smallest absolute Gasteiger partial charge is 0.119 e. The van der Waals surface area contributed by atoms with Gasteiger partial charge in [-0.3, -0.25) is 0 Å². The zero-order valence-electron chi connectivity index (χ0n) is 12.5. The molecule has 1 aromatic carbocycles. The standard InChI is InChI=1S/C17H25NO2/c1-19-14-8-9-16-12(10-14)4-3-5-17(16)18-13-6-7-15(11-13)20-2/h8-10,13,15,17-18H,3-7,11H2,1-2H3. The van der Waals surface area contributed by atoms with Crippen molar-refractivity contribution >= 4 is 0 Å². The van der Waals surface area contributed by atoms with Crippen molar-refractivity contribution in [3.05, 3.63) is 29.3 Å². The summed E-state index contributed by atoms with van der Waals surface area (Å²) in [6.45, 7) is 0. The van der Waals surface area contributed by atoms with Crippen LogP contribution in [0.25, 0.3) is 0 Å². The van der Waals surface area contributed by atoms with Crippen molar-refractivity contribution in [2.24, 2.45) is 0 Å². The molecule has 0 bridgehead atoms. The highest BCUT2D eigenvalue weighted by atomic mass is 16.5. The Labute approximate surface area is 121 Å². The SMILES string of the molecule is COc1ccc2c(c1)CCCC2NC1CCC(OC)C1. The number of benzene rings is 1. The average Bonchev–Trinajstić information content (AvgIpc) is 2.94. The summed E-state index contributed by atoms with van der Waals surface area (Å²) in [4.78, 5) is 0. The maximum absolute atomic E-state index is 5.47. The van der Waals surface area contributed by atoms with E-state index in [1.807, 2.05) is 7.11 Å². The predicted molar refractivity (Wildman–Crippen MR) is 80.2 cm³/mol. The van der Waals surface area contributed by atoms with Crippen molar-refractivity contribution in [2.45, 2.75) is 56.7 Å². The molecular formula is C17H25NO2. The third kappa shape index (κ3) is 2.84. The lowest BCUT2D eigenvalue weighted by Gasteiger charge is -2.29. The highest BCUT2D eigenvalue weighted by molar-refractivity contribution is 5.39. The minimum absolute atomic E-state index is 0.450. The first kappa shape index (κ1) is 13.9. The van der Waals surface area contributed by atoms with E-state index in [1.165, 1.54) is 43.2 Å². The molecule has 1 N–H and O–H groups in total. The summed E-state index contributed by atoms with van der Waals surface area (Å²) < 4.78 is 10.8. The van der Waals surface area contributed by atoms with Crippen LogP contribution in [0, 0.1) is 0 Å². The summed E-state index contributed by atoms with van der Waals surface area (Å²) >= 11 is 0. The largest absolute Gasteiger partial charge is 0.497 e. The molecule has 3 nitrogen and oxygen atoms in total. The van der Waals surface area contributed by atoms with Gasteiger partial charge in [-0.25, -0.2) is 0 Å². The Kier molecular flexibility index (Phi) is 4.27. The first-order chi connectivity index (χ1) is 9.80. The molecule has 110 valence electrons. The fourth-order valence-electron chi connectivity index (χ4n) is 3.68. The molecule has 0 amide bonds. The summed E-state index contributed by atoms with van der Waals surface area (Å²) in [7, 11) is 3.57. The molecule has 0 heterocycles. The van der Waals surface area contributed by atoms with E-state index in [-0.39, 0.29) is 0 Å². The van der Waals surface area contributed by atoms with Crippen LogP contribution in [0.15, 0.2) is 18.2 Å². The van der Waals surface area contributed by atoms with Gasteiger partial charge in [-0.15, -0.1) is 0 Å². The van der Waals surface area contributed by atoms with Crippen molar-refractivity contribution < 1.29 is 9.47 Å². The number of rotatable bonds is 4. The number of fused-ring (bicyclic) bond motifs is 1. The zero-order valence-corrected chi connectivity index (χ0v) is 12.5. The third-order valence-electron chi connectivity index (χ3n) is 4.82. The summed E-state index contributed by atoms with van der Waals surface area (Å²) in [6, 6.07) is 7.65. The molecule has 2 aliphatic rings. The number of nitrogens with one attached hydrogen (secondary N) is 1. The monoisotopic (exact) mass is 275 g/mol. The molecule has 1 aromatic rings. The van der Waals surface area contributed by atoms with E-state index in [1.54, 1.807) is 7.11 Å². The summed E-state index contributed by atoms with van der Waals surface area (Å²) in [6.07, 6.45) is 7.71. The second-order valence-corrected chi connectivity index (χ2v) is 6.04. The Morgan fingerprint density at radius 3 is 2.80 bits per heavy atom. The van der Waals surface area contributed by atoms with Gasteiger partial charge < -0.3 is 14.8 Å². The molecule has 0 radical (unpaired) electrons. The first-order valence-corrected chi connectivity index (χ1v) is 7.76. The van der Waals surface area contributed by atoms with Gasteiger partial charge in [-0.05, 0) is 61.8 Å². The Morgan fingerprint density at radius 2 is 2.05 bits per heavy atom. The van der Waals surface area contributed by atoms with Crippen LogP contribution in [0.5, 0.6) is 5.75 Å². The van der Waals surface area contributed by atoms with E-state index < -0.39 is 0 Å². The number of aryl methyl sites for hydroxylation is 1. The van der Waals surface area contributed by atoms with Crippen LogP contribution in [0.2, 0.25) is 0 Å². The Balaban J connectivity index is 1.70. The molecule has 1 fully saturated rings. The molecule has 3 heteroatoms. The van der Waals surface area contributed by atoms with Gasteiger partial charge in [0.2, 0.25) is 0 Å². The van der Waals surface area contributed by atoms with Crippen LogP contribution in [-0.2, 0) is 11.2 Å². The molecule has 0 saturated heterocycles. The topological polar surface area (TPSA) is 30.5 Å². The van der Waals surface area contributed by atoms with Crippen LogP contribution < -0.4 is 10.1 Å². The minimum atomic E-state index is 0.450. The molecule has 3 rings (SSSR count). The number of hydrogen-bond donors (Lipinski definition) is 1. The molecule has 0 aromatic heterocycles. The molecule has 3 atom stereocenters. The van der Waals surface area contributed by atoms with Crippen LogP contribution in [0.1, 0.15) is 49.3 Å². The quantitative estimate of drug-likeness (QED) is 0.915. The molecule has 20 heavy (non-hydrogen) atoms. The fourth-order valence-corrected chi connectivity index (χ4v) is 3.68. The van der Waals surface area contributed by atoms with E-state index in [2.05, 4.69) is 23.5 Å². The fraction of sp³-hybridized carbons (Fsp3) is 0.647. The van der Waals surface area contributed by atoms with Crippen LogP contribution in [-0.4, -0.2) is 26.4 Å². The maximum atomic E-state index is 5.47. The lowest BCUT2D eigenvalue weighted by molar-refractivity contribution is 0.106. The van der Waals surface area contributed by atoms with E-state index in [0.717, 1.165) is 12.2 Å². The van der Waals surface area contributed by atoms with E-state index in [0.29, 0.717) is 18.2 Å². The lowest BCUT2D eigenvalue weighted by Crippen LogP contribution is -2.33. The molecular weight excluding hydrogens is 250 g/mol. The van der Waals surface area contributed by atoms with Crippen molar-refractivity contribution in [3.63, 3.8) is 0 Å². The van der Waals surface area contributed by atoms with Crippen LogP contribution >= 0.6 is 0 Å². The molecule has 2 aliphatic carbocycles. The van der Waals surface area contributed by atoms with E-state index in [4.69, 9.17) is 9.47 Å². The van der Waals surface area contributed by atoms with Gasteiger partial charge in [0.15, 0.2) is 0 Å². The minimum Gasteiger partial charge on any atom is -0.497 e. The van der Waals surface area contributed by atoms with Gasteiger partial charge in [0.25, 0.3) is 0 Å². The summed E-state index contributed by atoms with van der Waals surface area (Å²) in [5, 5.41) is 3.85. The van der Waals surface area contributed by atoms with Gasteiger partial charge >= 0.3 is 0 Å². The molecule has 0 aliphatic heterocycles. The van der Waals surface area contributed by atoms with Crippen molar-refractivity contribution in [2.75, 3.05) is 14.2 Å². The lowest BCUT2D eigenvalue weighted by atomic mass is 9.87. The zero-order chi connectivity index (χ0) is 13.9. The number of ether oxygens (including phenoxy) is 2. The van der Waals surface area contributed by atoms with Gasteiger partial charge in [0, 0.05) is 19.2 Å². The van der Waals surface area contributed by atoms with E-state index in [9.17, 15) is 0 Å². The number of hydrogen-bond acceptors (Lipinski definition) is 3. The predicted octanol–water partition coefficient (Wildman–Crippen LogP) is 3.23. The van der Waals surface area contributed by atoms with Crippen LogP contribution in [0.4, 0.5) is 0 Å². The second kappa shape index (κ2) is 6.15. The van der Waals surface area contributed by atoms with E-state index >= 15 is 0 Å². The third-order valence-corrected chi connectivity index (χ3v) is 4.82. The molecule has 0 spiro atoms. The van der Waals surface area contributed by atoms with Gasteiger partial charge in [-0.2, -0.15) is 0 Å². The first-order valence-electron chi connectivity index (χ1n) is 7.76. The normalized spacial score (nSPS) is 29.2. The van der Waals surface area contributed by atoms with Gasteiger partial charge in [0.05, 0.1) is 13.2 Å². The van der Waals surface area contributed by atoms with Crippen molar-refractivity contribution in [1.29, 1.82) is 0 Å².